The standard InChI is InChI=1S/C20H22Cl3NO/c21-15-9-10-20(25-13-17-18(22)7-4-8-19(17)23)14(11-15)12-24-16-5-2-1-3-6-16/h4,7-11,16,24H,1-3,5-6,12-13H2. The summed E-state index contributed by atoms with van der Waals surface area (Å²) in [6, 6.07) is 11.8. The van der Waals surface area contributed by atoms with Crippen molar-refractivity contribution in [3.05, 3.63) is 62.6 Å². The first-order valence-electron chi connectivity index (χ1n) is 8.71. The molecule has 0 amide bonds. The van der Waals surface area contributed by atoms with Crippen LogP contribution in [-0.4, -0.2) is 6.04 Å². The fraction of sp³-hybridized carbons (Fsp3) is 0.400. The molecule has 1 saturated carbocycles. The second-order valence-corrected chi connectivity index (χ2v) is 7.71. The fourth-order valence-electron chi connectivity index (χ4n) is 3.21. The third kappa shape index (κ3) is 5.27. The zero-order valence-electron chi connectivity index (χ0n) is 14.0. The van der Waals surface area contributed by atoms with E-state index in [1.54, 1.807) is 0 Å². The zero-order valence-corrected chi connectivity index (χ0v) is 16.3. The van der Waals surface area contributed by atoms with Crippen LogP contribution in [0.5, 0.6) is 5.75 Å². The Bertz CT molecular complexity index is 694. The first-order valence-corrected chi connectivity index (χ1v) is 9.84. The number of hydrogen-bond acceptors (Lipinski definition) is 2. The Morgan fingerprint density at radius 3 is 2.40 bits per heavy atom. The number of benzene rings is 2. The number of rotatable bonds is 6. The molecule has 0 bridgehead atoms. The predicted octanol–water partition coefficient (Wildman–Crippen LogP) is 6.65. The average Bonchev–Trinajstić information content (AvgIpc) is 2.62. The molecule has 1 N–H and O–H groups in total. The summed E-state index contributed by atoms with van der Waals surface area (Å²) in [7, 11) is 0. The van der Waals surface area contributed by atoms with Crippen LogP contribution in [0.1, 0.15) is 43.2 Å². The van der Waals surface area contributed by atoms with Gasteiger partial charge in [0.15, 0.2) is 0 Å². The number of halogens is 3. The Kier molecular flexibility index (Phi) is 6.89. The van der Waals surface area contributed by atoms with Crippen LogP contribution in [0.4, 0.5) is 0 Å². The van der Waals surface area contributed by atoms with Gasteiger partial charge in [0.05, 0.1) is 0 Å². The van der Waals surface area contributed by atoms with Crippen LogP contribution in [-0.2, 0) is 13.2 Å². The van der Waals surface area contributed by atoms with Crippen molar-refractivity contribution >= 4 is 34.8 Å². The summed E-state index contributed by atoms with van der Waals surface area (Å²) in [5.74, 6) is 0.809. The molecule has 1 aliphatic rings. The molecular weight excluding hydrogens is 377 g/mol. The molecule has 0 atom stereocenters. The van der Waals surface area contributed by atoms with Gasteiger partial charge in [0.2, 0.25) is 0 Å². The van der Waals surface area contributed by atoms with Crippen molar-refractivity contribution in [2.24, 2.45) is 0 Å². The quantitative estimate of drug-likeness (QED) is 0.588. The molecule has 2 nitrogen and oxygen atoms in total. The van der Waals surface area contributed by atoms with Crippen molar-refractivity contribution in [2.75, 3.05) is 0 Å². The summed E-state index contributed by atoms with van der Waals surface area (Å²) in [5, 5.41) is 5.58. The lowest BCUT2D eigenvalue weighted by Crippen LogP contribution is -2.30. The Morgan fingerprint density at radius 2 is 1.68 bits per heavy atom. The minimum Gasteiger partial charge on any atom is -0.488 e. The molecule has 0 spiro atoms. The van der Waals surface area contributed by atoms with Crippen molar-refractivity contribution in [3.63, 3.8) is 0 Å². The van der Waals surface area contributed by atoms with E-state index < -0.39 is 0 Å². The lowest BCUT2D eigenvalue weighted by molar-refractivity contribution is 0.300. The predicted molar refractivity (Wildman–Crippen MR) is 106 cm³/mol. The van der Waals surface area contributed by atoms with Gasteiger partial charge in [-0.3, -0.25) is 0 Å². The lowest BCUT2D eigenvalue weighted by atomic mass is 9.95. The largest absolute Gasteiger partial charge is 0.488 e. The minimum atomic E-state index is 0.330. The molecule has 3 rings (SSSR count). The maximum atomic E-state index is 6.23. The van der Waals surface area contributed by atoms with E-state index >= 15 is 0 Å². The maximum Gasteiger partial charge on any atom is 0.124 e. The van der Waals surface area contributed by atoms with E-state index in [9.17, 15) is 0 Å². The van der Waals surface area contributed by atoms with Crippen LogP contribution in [0.2, 0.25) is 15.1 Å². The lowest BCUT2D eigenvalue weighted by Gasteiger charge is -2.23. The van der Waals surface area contributed by atoms with Crippen molar-refractivity contribution in [1.29, 1.82) is 0 Å². The molecule has 1 fully saturated rings. The van der Waals surface area contributed by atoms with Crippen molar-refractivity contribution in [1.82, 2.24) is 5.32 Å². The van der Waals surface area contributed by atoms with Crippen molar-refractivity contribution in [2.45, 2.75) is 51.3 Å². The Balaban J connectivity index is 1.68. The highest BCUT2D eigenvalue weighted by Gasteiger charge is 2.14. The van der Waals surface area contributed by atoms with Crippen molar-refractivity contribution in [3.8, 4) is 5.75 Å². The molecule has 0 aliphatic heterocycles. The second-order valence-electron chi connectivity index (χ2n) is 6.46. The molecular formula is C20H22Cl3NO. The van der Waals surface area contributed by atoms with E-state index in [1.165, 1.54) is 32.1 Å². The summed E-state index contributed by atoms with van der Waals surface area (Å²) in [5.41, 5.74) is 1.85. The summed E-state index contributed by atoms with van der Waals surface area (Å²) < 4.78 is 6.01. The first-order chi connectivity index (χ1) is 12.1. The highest BCUT2D eigenvalue weighted by Crippen LogP contribution is 2.29. The topological polar surface area (TPSA) is 21.3 Å². The monoisotopic (exact) mass is 397 g/mol. The molecule has 1 aliphatic carbocycles. The van der Waals surface area contributed by atoms with E-state index in [2.05, 4.69) is 5.32 Å². The number of hydrogen-bond donors (Lipinski definition) is 1. The molecule has 5 heteroatoms. The Hall–Kier alpha value is -0.930. The fourth-order valence-corrected chi connectivity index (χ4v) is 3.91. The van der Waals surface area contributed by atoms with Gasteiger partial charge in [-0.15, -0.1) is 0 Å². The third-order valence-corrected chi connectivity index (χ3v) is 5.59. The maximum absolute atomic E-state index is 6.23. The van der Waals surface area contributed by atoms with Gasteiger partial charge in [0, 0.05) is 38.8 Å². The van der Waals surface area contributed by atoms with E-state index in [1.807, 2.05) is 36.4 Å². The first kappa shape index (κ1) is 18.8. The van der Waals surface area contributed by atoms with E-state index in [4.69, 9.17) is 39.5 Å². The Morgan fingerprint density at radius 1 is 0.960 bits per heavy atom. The van der Waals surface area contributed by atoms with Gasteiger partial charge < -0.3 is 10.1 Å². The van der Waals surface area contributed by atoms with E-state index in [0.717, 1.165) is 23.4 Å². The van der Waals surface area contributed by atoms with Gasteiger partial charge in [-0.2, -0.15) is 0 Å². The normalized spacial score (nSPS) is 15.3. The van der Waals surface area contributed by atoms with Crippen LogP contribution >= 0.6 is 34.8 Å². The van der Waals surface area contributed by atoms with Gasteiger partial charge in [0.1, 0.15) is 12.4 Å². The minimum absolute atomic E-state index is 0.330. The summed E-state index contributed by atoms with van der Waals surface area (Å²) in [4.78, 5) is 0. The van der Waals surface area contributed by atoms with E-state index in [0.29, 0.717) is 27.7 Å². The number of nitrogens with one attached hydrogen (secondary N) is 1. The second kappa shape index (κ2) is 9.14. The molecule has 0 unspecified atom stereocenters. The molecule has 0 heterocycles. The molecule has 0 aromatic heterocycles. The zero-order chi connectivity index (χ0) is 17.6. The molecule has 0 saturated heterocycles. The summed E-state index contributed by atoms with van der Waals surface area (Å²) in [6.45, 7) is 1.08. The SMILES string of the molecule is Clc1ccc(OCc2c(Cl)cccc2Cl)c(CNC2CCCCC2)c1. The molecule has 0 radical (unpaired) electrons. The van der Waals surface area contributed by atoms with Crippen molar-refractivity contribution < 1.29 is 4.74 Å². The van der Waals surface area contributed by atoms with E-state index in [-0.39, 0.29) is 0 Å². The molecule has 2 aromatic carbocycles. The number of ether oxygens (including phenoxy) is 1. The van der Waals surface area contributed by atoms with Gasteiger partial charge in [-0.05, 0) is 43.2 Å². The van der Waals surface area contributed by atoms with Crippen LogP contribution in [0.25, 0.3) is 0 Å². The molecule has 134 valence electrons. The Labute approximate surface area is 164 Å². The van der Waals surface area contributed by atoms with Gasteiger partial charge in [-0.25, -0.2) is 0 Å². The smallest absolute Gasteiger partial charge is 0.124 e. The molecule has 25 heavy (non-hydrogen) atoms. The molecule has 2 aromatic rings. The van der Waals surface area contributed by atoms with Crippen LogP contribution < -0.4 is 10.1 Å². The third-order valence-electron chi connectivity index (χ3n) is 4.64. The van der Waals surface area contributed by atoms with Crippen LogP contribution in [0.15, 0.2) is 36.4 Å². The summed E-state index contributed by atoms with van der Waals surface area (Å²) in [6.07, 6.45) is 6.45. The van der Waals surface area contributed by atoms with Gasteiger partial charge >= 0.3 is 0 Å². The van der Waals surface area contributed by atoms with Gasteiger partial charge in [-0.1, -0.05) is 60.1 Å². The van der Waals surface area contributed by atoms with Gasteiger partial charge in [0.25, 0.3) is 0 Å². The highest BCUT2D eigenvalue weighted by molar-refractivity contribution is 6.36. The van der Waals surface area contributed by atoms with Crippen LogP contribution in [0, 0.1) is 0 Å². The summed E-state index contributed by atoms with van der Waals surface area (Å²) >= 11 is 18.6. The average molecular weight is 399 g/mol. The van der Waals surface area contributed by atoms with Crippen LogP contribution in [0.3, 0.4) is 0 Å². The highest BCUT2D eigenvalue weighted by atomic mass is 35.5.